The van der Waals surface area contributed by atoms with E-state index in [4.69, 9.17) is 9.47 Å². The molecule has 0 radical (unpaired) electrons. The van der Waals surface area contributed by atoms with Gasteiger partial charge in [0.2, 0.25) is 0 Å². The fraction of sp³-hybridized carbons (Fsp3) is 0.625. The lowest BCUT2D eigenvalue weighted by atomic mass is 10.6. The zero-order chi connectivity index (χ0) is 9.23. The Morgan fingerprint density at radius 1 is 1.33 bits per heavy atom. The van der Waals surface area contributed by atoms with Crippen LogP contribution >= 0.6 is 0 Å². The van der Waals surface area contributed by atoms with Gasteiger partial charge >= 0.3 is 5.97 Å². The van der Waals surface area contributed by atoms with Gasteiger partial charge in [-0.15, -0.1) is 0 Å². The molecule has 12 heavy (non-hydrogen) atoms. The fourth-order valence-electron chi connectivity index (χ4n) is 0.504. The Hall–Kier alpha value is -0.870. The average Bonchev–Trinajstić information content (AvgIpc) is 2.10. The molecule has 0 aromatic carbocycles. The minimum atomic E-state index is -0.426. The van der Waals surface area contributed by atoms with Crippen LogP contribution in [0.15, 0.2) is 12.7 Å². The summed E-state index contributed by atoms with van der Waals surface area (Å²) in [7, 11) is 1.60. The third-order valence-electron chi connectivity index (χ3n) is 1.07. The Labute approximate surface area is 72.1 Å². The lowest BCUT2D eigenvalue weighted by Gasteiger charge is -2.03. The van der Waals surface area contributed by atoms with E-state index in [1.54, 1.807) is 7.11 Å². The van der Waals surface area contributed by atoms with E-state index in [-0.39, 0.29) is 6.61 Å². The van der Waals surface area contributed by atoms with Crippen LogP contribution in [0.25, 0.3) is 0 Å². The van der Waals surface area contributed by atoms with E-state index >= 15 is 0 Å². The molecule has 4 heteroatoms. The second-order valence-corrected chi connectivity index (χ2v) is 1.98. The maximum atomic E-state index is 10.5. The summed E-state index contributed by atoms with van der Waals surface area (Å²) in [6.45, 7) is 4.97. The molecular formula is C8H14O4. The number of methoxy groups -OCH3 is 1. The van der Waals surface area contributed by atoms with Gasteiger partial charge in [0.25, 0.3) is 0 Å². The van der Waals surface area contributed by atoms with Gasteiger partial charge in [-0.3, -0.25) is 0 Å². The summed E-state index contributed by atoms with van der Waals surface area (Å²) in [6.07, 6.45) is 1.12. The van der Waals surface area contributed by atoms with E-state index in [0.717, 1.165) is 6.08 Å². The van der Waals surface area contributed by atoms with Gasteiger partial charge < -0.3 is 14.2 Å². The summed E-state index contributed by atoms with van der Waals surface area (Å²) in [4.78, 5) is 10.5. The van der Waals surface area contributed by atoms with Crippen molar-refractivity contribution >= 4 is 5.97 Å². The van der Waals surface area contributed by atoms with Crippen molar-refractivity contribution < 1.29 is 19.0 Å². The highest BCUT2D eigenvalue weighted by Crippen LogP contribution is 1.81. The van der Waals surface area contributed by atoms with Gasteiger partial charge in [-0.1, -0.05) is 6.58 Å². The van der Waals surface area contributed by atoms with Gasteiger partial charge in [-0.05, 0) is 0 Å². The molecule has 0 aliphatic carbocycles. The van der Waals surface area contributed by atoms with Crippen LogP contribution in [0.2, 0.25) is 0 Å². The quantitative estimate of drug-likeness (QED) is 0.318. The fourth-order valence-corrected chi connectivity index (χ4v) is 0.504. The van der Waals surface area contributed by atoms with Gasteiger partial charge in [0.15, 0.2) is 0 Å². The highest BCUT2D eigenvalue weighted by molar-refractivity contribution is 5.81. The Morgan fingerprint density at radius 3 is 2.58 bits per heavy atom. The van der Waals surface area contributed by atoms with Crippen molar-refractivity contribution in [2.45, 2.75) is 0 Å². The molecule has 0 atom stereocenters. The molecule has 0 bridgehead atoms. The van der Waals surface area contributed by atoms with Crippen LogP contribution in [0.5, 0.6) is 0 Å². The summed E-state index contributed by atoms with van der Waals surface area (Å²) in [5.41, 5.74) is 0. The number of carbonyl (C=O) groups excluding carboxylic acids is 1. The average molecular weight is 174 g/mol. The highest BCUT2D eigenvalue weighted by atomic mass is 16.6. The Bertz CT molecular complexity index is 133. The molecule has 0 spiro atoms. The normalized spacial score (nSPS) is 9.42. The first-order valence-electron chi connectivity index (χ1n) is 3.67. The predicted molar refractivity (Wildman–Crippen MR) is 43.9 cm³/mol. The van der Waals surface area contributed by atoms with Crippen LogP contribution in [0.1, 0.15) is 0 Å². The monoisotopic (exact) mass is 174 g/mol. The number of hydrogen-bond acceptors (Lipinski definition) is 4. The zero-order valence-electron chi connectivity index (χ0n) is 7.25. The zero-order valence-corrected chi connectivity index (χ0v) is 7.25. The van der Waals surface area contributed by atoms with E-state index in [1.165, 1.54) is 0 Å². The number of rotatable bonds is 7. The topological polar surface area (TPSA) is 44.8 Å². The SMILES string of the molecule is C=CC(=O)OCCOCCOC. The lowest BCUT2D eigenvalue weighted by Crippen LogP contribution is -2.10. The van der Waals surface area contributed by atoms with Crippen molar-refractivity contribution in [3.63, 3.8) is 0 Å². The van der Waals surface area contributed by atoms with E-state index in [0.29, 0.717) is 19.8 Å². The van der Waals surface area contributed by atoms with Crippen LogP contribution in [0.3, 0.4) is 0 Å². The minimum Gasteiger partial charge on any atom is -0.460 e. The summed E-state index contributed by atoms with van der Waals surface area (Å²) in [5, 5.41) is 0. The van der Waals surface area contributed by atoms with Crippen LogP contribution in [0.4, 0.5) is 0 Å². The maximum Gasteiger partial charge on any atom is 0.330 e. The summed E-state index contributed by atoms with van der Waals surface area (Å²) in [5.74, 6) is -0.426. The summed E-state index contributed by atoms with van der Waals surface area (Å²) >= 11 is 0. The van der Waals surface area contributed by atoms with Gasteiger partial charge in [0.05, 0.1) is 19.8 Å². The molecule has 0 aromatic heterocycles. The minimum absolute atomic E-state index is 0.258. The van der Waals surface area contributed by atoms with E-state index in [9.17, 15) is 4.79 Å². The Morgan fingerprint density at radius 2 is 2.00 bits per heavy atom. The molecule has 0 saturated heterocycles. The second-order valence-electron chi connectivity index (χ2n) is 1.98. The first-order chi connectivity index (χ1) is 5.81. The molecule has 0 amide bonds. The van der Waals surface area contributed by atoms with Crippen molar-refractivity contribution in [2.75, 3.05) is 33.5 Å². The molecule has 0 rings (SSSR count). The number of esters is 1. The molecule has 0 saturated carbocycles. The molecule has 0 N–H and O–H groups in total. The van der Waals surface area contributed by atoms with Crippen molar-refractivity contribution in [1.29, 1.82) is 0 Å². The number of ether oxygens (including phenoxy) is 3. The highest BCUT2D eigenvalue weighted by Gasteiger charge is 1.93. The van der Waals surface area contributed by atoms with Gasteiger partial charge in [-0.25, -0.2) is 4.79 Å². The molecule has 0 unspecified atom stereocenters. The van der Waals surface area contributed by atoms with Crippen molar-refractivity contribution in [2.24, 2.45) is 0 Å². The third kappa shape index (κ3) is 7.24. The molecule has 0 aromatic rings. The lowest BCUT2D eigenvalue weighted by molar-refractivity contribution is -0.139. The van der Waals surface area contributed by atoms with Crippen molar-refractivity contribution in [1.82, 2.24) is 0 Å². The maximum absolute atomic E-state index is 10.5. The Kier molecular flexibility index (Phi) is 7.63. The summed E-state index contributed by atoms with van der Waals surface area (Å²) < 4.78 is 14.4. The van der Waals surface area contributed by atoms with Crippen LogP contribution in [0, 0.1) is 0 Å². The molecule has 0 fully saturated rings. The molecule has 0 aliphatic heterocycles. The van der Waals surface area contributed by atoms with Crippen LogP contribution < -0.4 is 0 Å². The van der Waals surface area contributed by atoms with E-state index in [1.807, 2.05) is 0 Å². The van der Waals surface area contributed by atoms with E-state index in [2.05, 4.69) is 11.3 Å². The molecule has 0 heterocycles. The molecule has 70 valence electrons. The third-order valence-corrected chi connectivity index (χ3v) is 1.07. The second kappa shape index (κ2) is 8.23. The van der Waals surface area contributed by atoms with Gasteiger partial charge in [-0.2, -0.15) is 0 Å². The smallest absolute Gasteiger partial charge is 0.330 e. The van der Waals surface area contributed by atoms with Crippen LogP contribution in [-0.2, 0) is 19.0 Å². The standard InChI is InChI=1S/C8H14O4/c1-3-8(9)12-7-6-11-5-4-10-2/h3H,1,4-7H2,2H3. The number of carbonyl (C=O) groups is 1. The molecular weight excluding hydrogens is 160 g/mol. The predicted octanol–water partition coefficient (Wildman–Crippen LogP) is 0.379. The van der Waals surface area contributed by atoms with Gasteiger partial charge in [0.1, 0.15) is 6.61 Å². The van der Waals surface area contributed by atoms with E-state index < -0.39 is 5.97 Å². The van der Waals surface area contributed by atoms with Crippen molar-refractivity contribution in [3.8, 4) is 0 Å². The molecule has 4 nitrogen and oxygen atoms in total. The molecule has 0 aliphatic rings. The number of hydrogen-bond donors (Lipinski definition) is 0. The first kappa shape index (κ1) is 11.1. The van der Waals surface area contributed by atoms with Crippen molar-refractivity contribution in [3.05, 3.63) is 12.7 Å². The first-order valence-corrected chi connectivity index (χ1v) is 3.67. The largest absolute Gasteiger partial charge is 0.460 e. The van der Waals surface area contributed by atoms with Gasteiger partial charge in [0, 0.05) is 13.2 Å². The summed E-state index contributed by atoms with van der Waals surface area (Å²) in [6, 6.07) is 0. The Balaban J connectivity index is 3.00. The van der Waals surface area contributed by atoms with Crippen LogP contribution in [-0.4, -0.2) is 39.5 Å².